The van der Waals surface area contributed by atoms with Crippen molar-refractivity contribution in [2.75, 3.05) is 13.1 Å². The number of imidazole rings is 1. The van der Waals surface area contributed by atoms with Gasteiger partial charge in [-0.3, -0.25) is 4.79 Å². The Bertz CT molecular complexity index is 790. The van der Waals surface area contributed by atoms with Crippen molar-refractivity contribution in [2.45, 2.75) is 30.8 Å². The topological polar surface area (TPSA) is 77.2 Å². The third kappa shape index (κ3) is 2.97. The van der Waals surface area contributed by atoms with E-state index in [4.69, 9.17) is 0 Å². The predicted octanol–water partition coefficient (Wildman–Crippen LogP) is 0.529. The smallest absolute Gasteiger partial charge is 0.250 e. The Kier molecular flexibility index (Phi) is 4.12. The summed E-state index contributed by atoms with van der Waals surface area (Å²) in [5, 5.41) is 0. The molecule has 3 heterocycles. The minimum atomic E-state index is -3.50. The molecule has 0 unspecified atom stereocenters. The first-order chi connectivity index (χ1) is 10.6. The van der Waals surface area contributed by atoms with E-state index >= 15 is 0 Å². The van der Waals surface area contributed by atoms with Gasteiger partial charge in [0.25, 0.3) is 5.56 Å². The normalized spacial score (nSPS) is 16.2. The Morgan fingerprint density at radius 2 is 1.91 bits per heavy atom. The molecule has 0 aromatic carbocycles. The minimum absolute atomic E-state index is 0.180. The van der Waals surface area contributed by atoms with Crippen molar-refractivity contribution in [1.82, 2.24) is 18.4 Å². The van der Waals surface area contributed by atoms with Gasteiger partial charge in [0.2, 0.25) is 10.0 Å². The molecule has 1 aliphatic rings. The van der Waals surface area contributed by atoms with Crippen LogP contribution in [0.15, 0.2) is 46.7 Å². The number of sulfonamides is 1. The van der Waals surface area contributed by atoms with Crippen molar-refractivity contribution in [1.29, 1.82) is 0 Å². The average Bonchev–Trinajstić information content (AvgIpc) is 3.20. The van der Waals surface area contributed by atoms with E-state index in [2.05, 4.69) is 4.98 Å². The highest BCUT2D eigenvalue weighted by Gasteiger charge is 2.27. The van der Waals surface area contributed by atoms with Crippen LogP contribution < -0.4 is 5.56 Å². The molecule has 0 atom stereocenters. The van der Waals surface area contributed by atoms with Crippen molar-refractivity contribution < 1.29 is 8.42 Å². The lowest BCUT2D eigenvalue weighted by Crippen LogP contribution is -2.30. The molecule has 1 fully saturated rings. The summed E-state index contributed by atoms with van der Waals surface area (Å²) >= 11 is 0. The second-order valence-electron chi connectivity index (χ2n) is 5.31. The van der Waals surface area contributed by atoms with Crippen LogP contribution >= 0.6 is 0 Å². The van der Waals surface area contributed by atoms with Crippen LogP contribution in [0.3, 0.4) is 0 Å². The highest BCUT2D eigenvalue weighted by atomic mass is 32.2. The number of pyridine rings is 1. The molecule has 0 bridgehead atoms. The lowest BCUT2D eigenvalue weighted by molar-refractivity contribution is 0.475. The van der Waals surface area contributed by atoms with Crippen LogP contribution in [0.25, 0.3) is 0 Å². The molecule has 118 valence electrons. The van der Waals surface area contributed by atoms with Crippen molar-refractivity contribution in [3.05, 3.63) is 47.4 Å². The zero-order valence-corrected chi connectivity index (χ0v) is 12.9. The summed E-state index contributed by atoms with van der Waals surface area (Å²) in [6.07, 6.45) is 8.34. The first-order valence-electron chi connectivity index (χ1n) is 7.24. The molecule has 2 aromatic heterocycles. The van der Waals surface area contributed by atoms with Crippen molar-refractivity contribution in [3.63, 3.8) is 0 Å². The number of aromatic nitrogens is 3. The molecule has 8 heteroatoms. The SMILES string of the molecule is O=c1ccc(S(=O)(=O)N2CCCC2)cn1CCn1ccnc1. The van der Waals surface area contributed by atoms with E-state index in [-0.39, 0.29) is 10.5 Å². The van der Waals surface area contributed by atoms with Crippen molar-refractivity contribution in [3.8, 4) is 0 Å². The third-order valence-corrected chi connectivity index (χ3v) is 5.70. The maximum Gasteiger partial charge on any atom is 0.250 e. The number of aryl methyl sites for hydroxylation is 2. The van der Waals surface area contributed by atoms with Gasteiger partial charge in [0, 0.05) is 50.8 Å². The van der Waals surface area contributed by atoms with Crippen LogP contribution in [0.5, 0.6) is 0 Å². The quantitative estimate of drug-likeness (QED) is 0.804. The molecule has 1 saturated heterocycles. The standard InChI is InChI=1S/C14H18N4O3S/c19-14-4-3-13(22(20,21)18-6-1-2-7-18)11-17(14)10-9-16-8-5-15-12-16/h3-5,8,11-12H,1-2,6-7,9-10H2. The van der Waals surface area contributed by atoms with Crippen LogP contribution in [0.2, 0.25) is 0 Å². The zero-order valence-electron chi connectivity index (χ0n) is 12.1. The Morgan fingerprint density at radius 3 is 2.59 bits per heavy atom. The fraction of sp³-hybridized carbons (Fsp3) is 0.429. The minimum Gasteiger partial charge on any atom is -0.336 e. The molecule has 0 spiro atoms. The lowest BCUT2D eigenvalue weighted by Gasteiger charge is -2.16. The molecule has 7 nitrogen and oxygen atoms in total. The second-order valence-corrected chi connectivity index (χ2v) is 7.25. The van der Waals surface area contributed by atoms with Gasteiger partial charge < -0.3 is 9.13 Å². The van der Waals surface area contributed by atoms with E-state index in [1.54, 1.807) is 18.7 Å². The molecule has 0 N–H and O–H groups in total. The van der Waals surface area contributed by atoms with Gasteiger partial charge in [-0.15, -0.1) is 0 Å². The maximum absolute atomic E-state index is 12.5. The van der Waals surface area contributed by atoms with Gasteiger partial charge in [-0.05, 0) is 18.9 Å². The summed E-state index contributed by atoms with van der Waals surface area (Å²) in [6.45, 7) is 2.07. The number of nitrogens with zero attached hydrogens (tertiary/aromatic N) is 4. The van der Waals surface area contributed by atoms with Crippen LogP contribution in [0, 0.1) is 0 Å². The van der Waals surface area contributed by atoms with Crippen molar-refractivity contribution >= 4 is 10.0 Å². The average molecular weight is 322 g/mol. The Morgan fingerprint density at radius 1 is 1.14 bits per heavy atom. The Labute approximate surface area is 128 Å². The van der Waals surface area contributed by atoms with Crippen molar-refractivity contribution in [2.24, 2.45) is 0 Å². The van der Waals surface area contributed by atoms with Gasteiger partial charge in [-0.1, -0.05) is 0 Å². The summed E-state index contributed by atoms with van der Waals surface area (Å²) < 4.78 is 29.8. The van der Waals surface area contributed by atoms with Crippen LogP contribution in [-0.4, -0.2) is 39.9 Å². The zero-order chi connectivity index (χ0) is 15.6. The monoisotopic (exact) mass is 322 g/mol. The van der Waals surface area contributed by atoms with E-state index in [1.165, 1.54) is 27.2 Å². The summed E-state index contributed by atoms with van der Waals surface area (Å²) in [6, 6.07) is 2.71. The molecule has 1 aliphatic heterocycles. The van der Waals surface area contributed by atoms with Crippen LogP contribution in [-0.2, 0) is 23.1 Å². The molecule has 0 aliphatic carbocycles. The van der Waals surface area contributed by atoms with E-state index in [0.29, 0.717) is 26.2 Å². The molecule has 22 heavy (non-hydrogen) atoms. The van der Waals surface area contributed by atoms with E-state index in [1.807, 2.05) is 4.57 Å². The molecule has 0 saturated carbocycles. The molecular weight excluding hydrogens is 304 g/mol. The summed E-state index contributed by atoms with van der Waals surface area (Å²) in [7, 11) is -3.50. The maximum atomic E-state index is 12.5. The largest absolute Gasteiger partial charge is 0.336 e. The lowest BCUT2D eigenvalue weighted by atomic mass is 10.4. The number of hydrogen-bond donors (Lipinski definition) is 0. The fourth-order valence-corrected chi connectivity index (χ4v) is 4.09. The molecule has 3 rings (SSSR count). The van der Waals surface area contributed by atoms with Crippen LogP contribution in [0.1, 0.15) is 12.8 Å². The summed E-state index contributed by atoms with van der Waals surface area (Å²) in [5.74, 6) is 0. The van der Waals surface area contributed by atoms with Gasteiger partial charge in [0.15, 0.2) is 0 Å². The van der Waals surface area contributed by atoms with E-state index in [9.17, 15) is 13.2 Å². The second kappa shape index (κ2) is 6.05. The first-order valence-corrected chi connectivity index (χ1v) is 8.68. The highest BCUT2D eigenvalue weighted by molar-refractivity contribution is 7.89. The molecule has 2 aromatic rings. The van der Waals surface area contributed by atoms with Gasteiger partial charge in [-0.2, -0.15) is 4.31 Å². The highest BCUT2D eigenvalue weighted by Crippen LogP contribution is 2.19. The number of hydrogen-bond acceptors (Lipinski definition) is 4. The van der Waals surface area contributed by atoms with E-state index < -0.39 is 10.0 Å². The molecular formula is C14H18N4O3S. The van der Waals surface area contributed by atoms with Crippen LogP contribution in [0.4, 0.5) is 0 Å². The van der Waals surface area contributed by atoms with Gasteiger partial charge >= 0.3 is 0 Å². The first kappa shape index (κ1) is 15.0. The third-order valence-electron chi connectivity index (χ3n) is 3.82. The summed E-state index contributed by atoms with van der Waals surface area (Å²) in [4.78, 5) is 16.0. The number of rotatable bonds is 5. The summed E-state index contributed by atoms with van der Waals surface area (Å²) in [5.41, 5.74) is -0.208. The molecule has 0 radical (unpaired) electrons. The van der Waals surface area contributed by atoms with Gasteiger partial charge in [0.05, 0.1) is 11.2 Å². The molecule has 0 amide bonds. The fourth-order valence-electron chi connectivity index (χ4n) is 2.56. The predicted molar refractivity (Wildman–Crippen MR) is 80.9 cm³/mol. The van der Waals surface area contributed by atoms with E-state index in [0.717, 1.165) is 12.8 Å². The Balaban J connectivity index is 1.84. The van der Waals surface area contributed by atoms with Gasteiger partial charge in [0.1, 0.15) is 0 Å². The Hall–Kier alpha value is -1.93. The van der Waals surface area contributed by atoms with Gasteiger partial charge in [-0.25, -0.2) is 13.4 Å².